The summed E-state index contributed by atoms with van der Waals surface area (Å²) in [6.07, 6.45) is 1.36. The van der Waals surface area contributed by atoms with Gasteiger partial charge in [0.15, 0.2) is 9.84 Å². The molecule has 2 aromatic carbocycles. The van der Waals surface area contributed by atoms with Crippen LogP contribution in [0.2, 0.25) is 0 Å². The van der Waals surface area contributed by atoms with Crippen LogP contribution in [0.15, 0.2) is 59.5 Å². The molecule has 7 heteroatoms. The second kappa shape index (κ2) is 8.82. The molecule has 5 nitrogen and oxygen atoms in total. The van der Waals surface area contributed by atoms with Gasteiger partial charge < -0.3 is 10.5 Å². The summed E-state index contributed by atoms with van der Waals surface area (Å²) in [4.78, 5) is 12.1. The molecule has 0 amide bonds. The maximum Gasteiger partial charge on any atom is 0.323 e. The highest BCUT2D eigenvalue weighted by Crippen LogP contribution is 2.13. The first kappa shape index (κ1) is 20.2. The van der Waals surface area contributed by atoms with E-state index in [0.717, 1.165) is 11.8 Å². The minimum atomic E-state index is -3.28. The Bertz CT molecular complexity index is 778. The van der Waals surface area contributed by atoms with Crippen LogP contribution in [0.25, 0.3) is 0 Å². The van der Waals surface area contributed by atoms with Crippen LogP contribution in [0.1, 0.15) is 11.1 Å². The van der Waals surface area contributed by atoms with E-state index < -0.39 is 21.8 Å². The van der Waals surface area contributed by atoms with Crippen molar-refractivity contribution in [3.63, 3.8) is 0 Å². The second-order valence-electron chi connectivity index (χ2n) is 5.32. The molecule has 0 aliphatic carbocycles. The first-order valence-corrected chi connectivity index (χ1v) is 9.00. The number of carbonyl (C=O) groups is 1. The van der Waals surface area contributed by atoms with Crippen molar-refractivity contribution in [2.45, 2.75) is 24.0 Å². The third kappa shape index (κ3) is 5.96. The van der Waals surface area contributed by atoms with Crippen molar-refractivity contribution in [1.82, 2.24) is 0 Å². The van der Waals surface area contributed by atoms with E-state index in [1.165, 1.54) is 12.1 Å². The number of hydrogen-bond acceptors (Lipinski definition) is 5. The zero-order valence-electron chi connectivity index (χ0n) is 13.2. The molecule has 0 saturated heterocycles. The van der Waals surface area contributed by atoms with E-state index >= 15 is 0 Å². The Morgan fingerprint density at radius 1 is 1.08 bits per heavy atom. The third-order valence-electron chi connectivity index (χ3n) is 3.31. The van der Waals surface area contributed by atoms with Gasteiger partial charge in [0.05, 0.1) is 4.90 Å². The van der Waals surface area contributed by atoms with E-state index in [4.69, 9.17) is 10.5 Å². The molecular weight excluding hydrogens is 350 g/mol. The van der Waals surface area contributed by atoms with Gasteiger partial charge in [-0.05, 0) is 29.7 Å². The van der Waals surface area contributed by atoms with E-state index in [9.17, 15) is 13.2 Å². The van der Waals surface area contributed by atoms with Crippen LogP contribution in [0.4, 0.5) is 0 Å². The number of hydrogen-bond donors (Lipinski definition) is 1. The topological polar surface area (TPSA) is 86.5 Å². The highest BCUT2D eigenvalue weighted by Gasteiger charge is 2.17. The molecule has 2 aromatic rings. The summed E-state index contributed by atoms with van der Waals surface area (Å²) in [5.74, 6) is -0.515. The van der Waals surface area contributed by atoms with Crippen molar-refractivity contribution in [3.8, 4) is 0 Å². The molecule has 2 rings (SSSR count). The smallest absolute Gasteiger partial charge is 0.323 e. The zero-order chi connectivity index (χ0) is 16.9. The van der Waals surface area contributed by atoms with Crippen LogP contribution in [-0.2, 0) is 32.4 Å². The Morgan fingerprint density at radius 3 is 2.33 bits per heavy atom. The molecule has 0 aliphatic heterocycles. The molecule has 0 saturated carbocycles. The maximum absolute atomic E-state index is 11.9. The van der Waals surface area contributed by atoms with E-state index in [2.05, 4.69) is 0 Å². The molecule has 24 heavy (non-hydrogen) atoms. The van der Waals surface area contributed by atoms with E-state index in [-0.39, 0.29) is 30.3 Å². The molecule has 0 heterocycles. The summed E-state index contributed by atoms with van der Waals surface area (Å²) in [6.45, 7) is 0.163. The van der Waals surface area contributed by atoms with Gasteiger partial charge in [-0.25, -0.2) is 8.42 Å². The summed E-state index contributed by atoms with van der Waals surface area (Å²) >= 11 is 0. The van der Waals surface area contributed by atoms with E-state index in [1.807, 2.05) is 30.3 Å². The molecule has 0 bridgehead atoms. The Kier molecular flexibility index (Phi) is 7.41. The van der Waals surface area contributed by atoms with Gasteiger partial charge in [-0.15, -0.1) is 12.4 Å². The van der Waals surface area contributed by atoms with Crippen molar-refractivity contribution in [2.75, 3.05) is 6.26 Å². The van der Waals surface area contributed by atoms with Crippen molar-refractivity contribution >= 4 is 28.2 Å². The standard InChI is InChI=1S/C17H19NO4S.ClH/c1-23(20,21)15-9-5-8-14(10-15)11-16(18)17(19)22-12-13-6-3-2-4-7-13;/h2-10,16H,11-12,18H2,1H3;1H/t16-;/m1./s1. The molecule has 0 fully saturated rings. The number of halogens is 1. The highest BCUT2D eigenvalue weighted by atomic mass is 35.5. The quantitative estimate of drug-likeness (QED) is 0.788. The lowest BCUT2D eigenvalue weighted by Crippen LogP contribution is -2.34. The lowest BCUT2D eigenvalue weighted by Gasteiger charge is -2.12. The molecule has 130 valence electrons. The molecule has 0 unspecified atom stereocenters. The van der Waals surface area contributed by atoms with Gasteiger partial charge in [0.1, 0.15) is 12.6 Å². The Morgan fingerprint density at radius 2 is 1.71 bits per heavy atom. The fraction of sp³-hybridized carbons (Fsp3) is 0.235. The first-order chi connectivity index (χ1) is 10.9. The van der Waals surface area contributed by atoms with Crippen molar-refractivity contribution in [1.29, 1.82) is 0 Å². The highest BCUT2D eigenvalue weighted by molar-refractivity contribution is 7.90. The third-order valence-corrected chi connectivity index (χ3v) is 4.42. The van der Waals surface area contributed by atoms with Gasteiger partial charge in [0.2, 0.25) is 0 Å². The van der Waals surface area contributed by atoms with Gasteiger partial charge in [-0.3, -0.25) is 4.79 Å². The number of ether oxygens (including phenoxy) is 1. The fourth-order valence-corrected chi connectivity index (χ4v) is 2.77. The number of benzene rings is 2. The van der Waals surface area contributed by atoms with Gasteiger partial charge in [0.25, 0.3) is 0 Å². The Balaban J connectivity index is 0.00000288. The second-order valence-corrected chi connectivity index (χ2v) is 7.34. The predicted molar refractivity (Wildman–Crippen MR) is 94.7 cm³/mol. The van der Waals surface area contributed by atoms with Crippen molar-refractivity contribution in [2.24, 2.45) is 5.73 Å². The Hall–Kier alpha value is -1.89. The first-order valence-electron chi connectivity index (χ1n) is 7.11. The van der Waals surface area contributed by atoms with Gasteiger partial charge in [-0.2, -0.15) is 0 Å². The van der Waals surface area contributed by atoms with Gasteiger partial charge >= 0.3 is 5.97 Å². The monoisotopic (exact) mass is 369 g/mol. The van der Waals surface area contributed by atoms with Crippen molar-refractivity contribution in [3.05, 3.63) is 65.7 Å². The summed E-state index contributed by atoms with van der Waals surface area (Å²) in [5, 5.41) is 0. The molecule has 2 N–H and O–H groups in total. The average Bonchev–Trinajstić information content (AvgIpc) is 2.53. The lowest BCUT2D eigenvalue weighted by atomic mass is 10.1. The number of esters is 1. The largest absolute Gasteiger partial charge is 0.460 e. The number of rotatable bonds is 6. The molecule has 0 spiro atoms. The summed E-state index contributed by atoms with van der Waals surface area (Å²) < 4.78 is 28.3. The fourth-order valence-electron chi connectivity index (χ4n) is 2.08. The van der Waals surface area contributed by atoms with E-state index in [0.29, 0.717) is 5.56 Å². The molecule has 0 aromatic heterocycles. The number of nitrogens with two attached hydrogens (primary N) is 1. The summed E-state index contributed by atoms with van der Waals surface area (Å²) in [7, 11) is -3.28. The van der Waals surface area contributed by atoms with Gasteiger partial charge in [-0.1, -0.05) is 42.5 Å². The van der Waals surface area contributed by atoms with Crippen LogP contribution >= 0.6 is 12.4 Å². The van der Waals surface area contributed by atoms with Crippen LogP contribution in [0.3, 0.4) is 0 Å². The van der Waals surface area contributed by atoms with Crippen molar-refractivity contribution < 1.29 is 17.9 Å². The molecule has 0 aliphatic rings. The Labute approximate surface area is 148 Å². The normalized spacial score (nSPS) is 12.1. The molecular formula is C17H20ClNO4S. The number of carbonyl (C=O) groups excluding carboxylic acids is 1. The lowest BCUT2D eigenvalue weighted by molar-refractivity contribution is -0.146. The van der Waals surface area contributed by atoms with Gasteiger partial charge in [0, 0.05) is 6.26 Å². The predicted octanol–water partition coefficient (Wildman–Crippen LogP) is 2.13. The van der Waals surface area contributed by atoms with Crippen LogP contribution in [0.5, 0.6) is 0 Å². The maximum atomic E-state index is 11.9. The number of sulfone groups is 1. The van der Waals surface area contributed by atoms with Crippen LogP contribution in [0, 0.1) is 0 Å². The van der Waals surface area contributed by atoms with E-state index in [1.54, 1.807) is 12.1 Å². The SMILES string of the molecule is CS(=O)(=O)c1cccc(C[C@@H](N)C(=O)OCc2ccccc2)c1.Cl. The zero-order valence-corrected chi connectivity index (χ0v) is 14.8. The van der Waals surface area contributed by atoms with Crippen LogP contribution < -0.4 is 5.73 Å². The average molecular weight is 370 g/mol. The summed E-state index contributed by atoms with van der Waals surface area (Å²) in [5.41, 5.74) is 7.41. The van der Waals surface area contributed by atoms with Crippen LogP contribution in [-0.4, -0.2) is 26.7 Å². The molecule has 1 atom stereocenters. The summed E-state index contributed by atoms with van der Waals surface area (Å²) in [6, 6.07) is 14.9. The molecule has 0 radical (unpaired) electrons. The minimum absolute atomic E-state index is 0. The minimum Gasteiger partial charge on any atom is -0.460 e.